The Bertz CT molecular complexity index is 1290. The van der Waals surface area contributed by atoms with Gasteiger partial charge in [0, 0.05) is 37.7 Å². The van der Waals surface area contributed by atoms with E-state index in [1.54, 1.807) is 46.7 Å². The number of carbonyl (C=O) groups is 2. The van der Waals surface area contributed by atoms with Crippen LogP contribution in [0.2, 0.25) is 0 Å². The van der Waals surface area contributed by atoms with E-state index >= 15 is 0 Å². The molecular weight excluding hydrogens is 515 g/mol. The summed E-state index contributed by atoms with van der Waals surface area (Å²) in [6.07, 6.45) is -1.18. The van der Waals surface area contributed by atoms with Crippen molar-refractivity contribution in [2.75, 3.05) is 13.1 Å². The first-order valence-corrected chi connectivity index (χ1v) is 13.1. The van der Waals surface area contributed by atoms with Gasteiger partial charge in [0.1, 0.15) is 0 Å². The summed E-state index contributed by atoms with van der Waals surface area (Å²) in [5.74, 6) is -0.470. The number of carbonyl (C=O) groups excluding carboxylic acids is 2. The maximum absolute atomic E-state index is 13.6. The molecule has 0 aliphatic carbocycles. The Balaban J connectivity index is 1.67. The van der Waals surface area contributed by atoms with Crippen molar-refractivity contribution in [3.63, 3.8) is 0 Å². The third-order valence-electron chi connectivity index (χ3n) is 6.42. The first-order valence-electron chi connectivity index (χ1n) is 12.2. The Hall–Kier alpha value is -3.60. The molecule has 2 aliphatic rings. The summed E-state index contributed by atoms with van der Waals surface area (Å²) >= 11 is 1.32. The Morgan fingerprint density at radius 2 is 1.74 bits per heavy atom. The predicted octanol–water partition coefficient (Wildman–Crippen LogP) is 5.25. The van der Waals surface area contributed by atoms with Crippen molar-refractivity contribution in [3.05, 3.63) is 87.9 Å². The summed E-state index contributed by atoms with van der Waals surface area (Å²) < 4.78 is 39.8. The highest BCUT2D eigenvalue weighted by molar-refractivity contribution is 8.16. The van der Waals surface area contributed by atoms with E-state index in [4.69, 9.17) is 0 Å². The fourth-order valence-corrected chi connectivity index (χ4v) is 5.39. The summed E-state index contributed by atoms with van der Waals surface area (Å²) in [4.78, 5) is 38.6. The predicted molar refractivity (Wildman–Crippen MR) is 140 cm³/mol. The normalized spacial score (nSPS) is 17.1. The van der Waals surface area contributed by atoms with Crippen molar-refractivity contribution < 1.29 is 22.8 Å². The van der Waals surface area contributed by atoms with Crippen molar-refractivity contribution in [2.45, 2.75) is 46.0 Å². The molecule has 1 atom stereocenters. The number of hydrogen-bond donors (Lipinski definition) is 1. The quantitative estimate of drug-likeness (QED) is 0.492. The fourth-order valence-electron chi connectivity index (χ4n) is 4.42. The Morgan fingerprint density at radius 1 is 1.08 bits per heavy atom. The zero-order valence-electron chi connectivity index (χ0n) is 21.2. The molecule has 38 heavy (non-hydrogen) atoms. The molecule has 1 aromatic carbocycles. The molecule has 4 rings (SSSR count). The van der Waals surface area contributed by atoms with E-state index in [2.05, 4.69) is 15.3 Å². The number of benzene rings is 1. The van der Waals surface area contributed by atoms with Crippen LogP contribution in [0.25, 0.3) is 0 Å². The average Bonchev–Trinajstić information content (AvgIpc) is 3.29. The lowest BCUT2D eigenvalue weighted by Gasteiger charge is -2.38. The Labute approximate surface area is 223 Å². The summed E-state index contributed by atoms with van der Waals surface area (Å²) in [5, 5.41) is 5.26. The molecule has 1 aromatic heterocycles. The zero-order valence-corrected chi connectivity index (χ0v) is 22.1. The molecule has 1 unspecified atom stereocenters. The second kappa shape index (κ2) is 11.4. The lowest BCUT2D eigenvalue weighted by molar-refractivity contribution is -0.137. The second-order valence-electron chi connectivity index (χ2n) is 8.80. The molecule has 1 N–H and O–H groups in total. The van der Waals surface area contributed by atoms with Crippen LogP contribution in [-0.2, 0) is 22.3 Å². The molecule has 2 aromatic rings. The number of likely N-dealkylation sites (N-methyl/N-ethyl adjacent to an activating group) is 1. The SMILES string of the molecule is CCN(CC)C(=O)C1=C(C)N=C2SC=C(CC(=O)NCc3ccncc3)N2C1c1ccc(C(F)(F)F)cc1. The lowest BCUT2D eigenvalue weighted by atomic mass is 9.92. The maximum Gasteiger partial charge on any atom is 0.416 e. The number of pyridine rings is 1. The highest BCUT2D eigenvalue weighted by atomic mass is 32.2. The smallest absolute Gasteiger partial charge is 0.352 e. The van der Waals surface area contributed by atoms with Gasteiger partial charge in [-0.15, -0.1) is 0 Å². The molecule has 2 amide bonds. The van der Waals surface area contributed by atoms with Gasteiger partial charge in [0.15, 0.2) is 5.17 Å². The first-order chi connectivity index (χ1) is 18.1. The second-order valence-corrected chi connectivity index (χ2v) is 9.64. The van der Waals surface area contributed by atoms with E-state index in [0.29, 0.717) is 47.3 Å². The summed E-state index contributed by atoms with van der Waals surface area (Å²) in [5.41, 5.74) is 2.13. The number of aliphatic imine (C=N–C) groups is 1. The van der Waals surface area contributed by atoms with Crippen LogP contribution in [0.4, 0.5) is 13.2 Å². The number of fused-ring (bicyclic) bond motifs is 1. The number of alkyl halides is 3. The van der Waals surface area contributed by atoms with E-state index < -0.39 is 17.8 Å². The van der Waals surface area contributed by atoms with Crippen LogP contribution in [0.1, 0.15) is 49.9 Å². The fraction of sp³-hybridized carbons (Fsp3) is 0.333. The van der Waals surface area contributed by atoms with Crippen molar-refractivity contribution in [2.24, 2.45) is 4.99 Å². The van der Waals surface area contributed by atoms with Gasteiger partial charge in [-0.25, -0.2) is 4.99 Å². The summed E-state index contributed by atoms with van der Waals surface area (Å²) in [7, 11) is 0. The standard InChI is InChI=1S/C27H28F3N5O2S/c1-4-34(5-2)25(37)23-17(3)33-26-35(24(23)19-6-8-20(9-7-19)27(28,29)30)21(16-38-26)14-22(36)32-15-18-10-12-31-13-11-18/h6-13,16,24H,4-5,14-15H2,1-3H3,(H,32,36). The first kappa shape index (κ1) is 27.4. The molecule has 11 heteroatoms. The topological polar surface area (TPSA) is 77.9 Å². The largest absolute Gasteiger partial charge is 0.416 e. The van der Waals surface area contributed by atoms with Gasteiger partial charge in [0.25, 0.3) is 5.91 Å². The molecule has 0 saturated carbocycles. The van der Waals surface area contributed by atoms with Gasteiger partial charge in [-0.3, -0.25) is 14.6 Å². The summed E-state index contributed by atoms with van der Waals surface area (Å²) in [6.45, 7) is 6.74. The van der Waals surface area contributed by atoms with Crippen molar-refractivity contribution >= 4 is 28.7 Å². The van der Waals surface area contributed by atoms with E-state index in [0.717, 1.165) is 17.7 Å². The van der Waals surface area contributed by atoms with E-state index in [-0.39, 0.29) is 18.2 Å². The van der Waals surface area contributed by atoms with Crippen LogP contribution in [0.3, 0.4) is 0 Å². The number of nitrogens with one attached hydrogen (secondary N) is 1. The Morgan fingerprint density at radius 3 is 2.34 bits per heavy atom. The van der Waals surface area contributed by atoms with Gasteiger partial charge < -0.3 is 15.1 Å². The molecule has 0 saturated heterocycles. The van der Waals surface area contributed by atoms with E-state index in [1.807, 2.05) is 13.8 Å². The lowest BCUT2D eigenvalue weighted by Crippen LogP contribution is -2.42. The number of rotatable bonds is 8. The molecule has 200 valence electrons. The van der Waals surface area contributed by atoms with Crippen molar-refractivity contribution in [3.8, 4) is 0 Å². The minimum atomic E-state index is -4.48. The van der Waals surface area contributed by atoms with Gasteiger partial charge >= 0.3 is 6.18 Å². The number of halogens is 3. The van der Waals surface area contributed by atoms with Crippen LogP contribution in [0.5, 0.6) is 0 Å². The minimum Gasteiger partial charge on any atom is -0.352 e. The number of hydrogen-bond acceptors (Lipinski definition) is 6. The van der Waals surface area contributed by atoms with Gasteiger partial charge in [0.05, 0.1) is 29.3 Å². The third-order valence-corrected chi connectivity index (χ3v) is 7.30. The number of thioether (sulfide) groups is 1. The Kier molecular flexibility index (Phi) is 8.25. The maximum atomic E-state index is 13.6. The molecule has 0 fully saturated rings. The monoisotopic (exact) mass is 543 g/mol. The molecule has 3 heterocycles. The number of allylic oxidation sites excluding steroid dienone is 1. The highest BCUT2D eigenvalue weighted by Gasteiger charge is 2.41. The van der Waals surface area contributed by atoms with Crippen LogP contribution in [-0.4, -0.2) is 44.9 Å². The number of aromatic nitrogens is 1. The van der Waals surface area contributed by atoms with Crippen molar-refractivity contribution in [1.82, 2.24) is 20.1 Å². The average molecular weight is 544 g/mol. The van der Waals surface area contributed by atoms with E-state index in [1.165, 1.54) is 23.9 Å². The van der Waals surface area contributed by atoms with Crippen LogP contribution >= 0.6 is 11.8 Å². The number of amidine groups is 1. The van der Waals surface area contributed by atoms with Gasteiger partial charge in [-0.05, 0) is 61.6 Å². The summed E-state index contributed by atoms with van der Waals surface area (Å²) in [6, 6.07) is 7.70. The highest BCUT2D eigenvalue weighted by Crippen LogP contribution is 2.45. The zero-order chi connectivity index (χ0) is 27.4. The molecular formula is C27H28F3N5O2S. The molecule has 2 aliphatic heterocycles. The van der Waals surface area contributed by atoms with Crippen molar-refractivity contribution in [1.29, 1.82) is 0 Å². The van der Waals surface area contributed by atoms with Crippen LogP contribution < -0.4 is 5.32 Å². The molecule has 0 radical (unpaired) electrons. The van der Waals surface area contributed by atoms with Crippen LogP contribution in [0.15, 0.2) is 76.2 Å². The number of amides is 2. The minimum absolute atomic E-state index is 0.0139. The van der Waals surface area contributed by atoms with Gasteiger partial charge in [-0.1, -0.05) is 23.9 Å². The molecule has 0 spiro atoms. The third kappa shape index (κ3) is 5.77. The molecule has 7 nitrogen and oxygen atoms in total. The van der Waals surface area contributed by atoms with E-state index in [9.17, 15) is 22.8 Å². The van der Waals surface area contributed by atoms with Gasteiger partial charge in [-0.2, -0.15) is 13.2 Å². The molecule has 0 bridgehead atoms. The van der Waals surface area contributed by atoms with Gasteiger partial charge in [0.2, 0.25) is 5.91 Å². The van der Waals surface area contributed by atoms with Crippen LogP contribution in [0, 0.1) is 0 Å². The number of nitrogens with zero attached hydrogens (tertiary/aromatic N) is 4.